The monoisotopic (exact) mass is 625 g/mol. The molecule has 0 saturated heterocycles. The van der Waals surface area contributed by atoms with Crippen molar-refractivity contribution in [3.63, 3.8) is 0 Å². The van der Waals surface area contributed by atoms with Gasteiger partial charge in [-0.3, -0.25) is 0 Å². The fraction of sp³-hybridized carbons (Fsp3) is 0.0213. The van der Waals surface area contributed by atoms with E-state index >= 15 is 0 Å². The fourth-order valence-electron chi connectivity index (χ4n) is 8.18. The summed E-state index contributed by atoms with van der Waals surface area (Å²) in [6.45, 7) is 0. The van der Waals surface area contributed by atoms with Crippen molar-refractivity contribution in [1.82, 2.24) is 0 Å². The first-order chi connectivity index (χ1) is 24.3. The molecular weight excluding hydrogens is 595 g/mol. The Morgan fingerprint density at radius 2 is 0.980 bits per heavy atom. The predicted molar refractivity (Wildman–Crippen MR) is 201 cm³/mol. The van der Waals surface area contributed by atoms with Gasteiger partial charge in [-0.05, 0) is 92.7 Å². The predicted octanol–water partition coefficient (Wildman–Crippen LogP) is 12.4. The maximum absolute atomic E-state index is 6.80. The highest BCUT2D eigenvalue weighted by Gasteiger charge is 2.51. The Labute approximate surface area is 286 Å². The van der Waals surface area contributed by atoms with Crippen LogP contribution in [0.4, 0.5) is 17.1 Å². The van der Waals surface area contributed by atoms with Crippen LogP contribution in [-0.2, 0) is 5.41 Å². The van der Waals surface area contributed by atoms with Crippen LogP contribution in [0.2, 0.25) is 0 Å². The first-order valence-corrected chi connectivity index (χ1v) is 16.8. The van der Waals surface area contributed by atoms with Gasteiger partial charge in [-0.1, -0.05) is 140 Å². The molecule has 0 N–H and O–H groups in total. The van der Waals surface area contributed by atoms with E-state index in [4.69, 9.17) is 4.74 Å². The molecule has 230 valence electrons. The summed E-state index contributed by atoms with van der Waals surface area (Å²) in [6.07, 6.45) is 0. The summed E-state index contributed by atoms with van der Waals surface area (Å²) in [7, 11) is 0. The molecule has 1 unspecified atom stereocenters. The third-order valence-electron chi connectivity index (χ3n) is 10.3. The molecule has 0 saturated carbocycles. The van der Waals surface area contributed by atoms with Gasteiger partial charge in [-0.25, -0.2) is 0 Å². The summed E-state index contributed by atoms with van der Waals surface area (Å²) in [6, 6.07) is 67.9. The molecule has 2 nitrogen and oxygen atoms in total. The molecule has 1 heterocycles. The minimum atomic E-state index is -0.562. The number of nitrogens with zero attached hydrogens (tertiary/aromatic N) is 1. The van der Waals surface area contributed by atoms with Gasteiger partial charge in [0.25, 0.3) is 0 Å². The van der Waals surface area contributed by atoms with Crippen molar-refractivity contribution in [2.24, 2.45) is 0 Å². The van der Waals surface area contributed by atoms with Crippen LogP contribution in [0, 0.1) is 0 Å². The molecule has 0 aromatic heterocycles. The average molecular weight is 626 g/mol. The van der Waals surface area contributed by atoms with Gasteiger partial charge in [-0.15, -0.1) is 0 Å². The number of rotatable bonds is 4. The van der Waals surface area contributed by atoms with Crippen LogP contribution >= 0.6 is 0 Å². The summed E-state index contributed by atoms with van der Waals surface area (Å²) in [4.78, 5) is 2.38. The van der Waals surface area contributed by atoms with Gasteiger partial charge in [0.15, 0.2) is 0 Å². The maximum atomic E-state index is 6.80. The van der Waals surface area contributed by atoms with E-state index in [2.05, 4.69) is 193 Å². The smallest absolute Gasteiger partial charge is 0.132 e. The minimum absolute atomic E-state index is 0.562. The van der Waals surface area contributed by atoms with Crippen LogP contribution < -0.4 is 9.64 Å². The Morgan fingerprint density at radius 1 is 0.347 bits per heavy atom. The van der Waals surface area contributed by atoms with Crippen molar-refractivity contribution in [2.75, 3.05) is 4.90 Å². The van der Waals surface area contributed by atoms with Gasteiger partial charge in [0.05, 0.1) is 5.41 Å². The highest BCUT2D eigenvalue weighted by atomic mass is 16.5. The lowest BCUT2D eigenvalue weighted by Crippen LogP contribution is -2.32. The van der Waals surface area contributed by atoms with Crippen LogP contribution in [0.5, 0.6) is 11.5 Å². The zero-order chi connectivity index (χ0) is 32.4. The summed E-state index contributed by atoms with van der Waals surface area (Å²) in [5.74, 6) is 1.78. The number of fused-ring (bicyclic) bond motifs is 10. The minimum Gasteiger partial charge on any atom is -0.457 e. The number of anilines is 3. The van der Waals surface area contributed by atoms with E-state index in [0.717, 1.165) is 45.3 Å². The third-order valence-corrected chi connectivity index (χ3v) is 10.3. The summed E-state index contributed by atoms with van der Waals surface area (Å²) < 4.78 is 6.80. The standard InChI is InChI=1S/C47H31NO/c1-3-13-32(14-4-1)35-24-28-43-46(30-35)49-45-22-12-11-21-42(45)47(43)41-20-10-9-19-39(41)40-27-26-38(31-44(40)47)48(36-17-5-2-6-18-36)37-25-23-33-15-7-8-16-34(33)29-37/h1-31H. The number of ether oxygens (including phenoxy) is 1. The quantitative estimate of drug-likeness (QED) is 0.193. The second kappa shape index (κ2) is 10.8. The van der Waals surface area contributed by atoms with E-state index in [1.165, 1.54) is 38.6 Å². The van der Waals surface area contributed by atoms with E-state index < -0.39 is 5.41 Å². The van der Waals surface area contributed by atoms with Crippen LogP contribution in [0.15, 0.2) is 188 Å². The number of para-hydroxylation sites is 2. The van der Waals surface area contributed by atoms with Crippen molar-refractivity contribution >= 4 is 27.8 Å². The summed E-state index contributed by atoms with van der Waals surface area (Å²) in [5, 5.41) is 2.44. The lowest BCUT2D eigenvalue weighted by Gasteiger charge is -2.40. The van der Waals surface area contributed by atoms with Crippen LogP contribution in [0.3, 0.4) is 0 Å². The second-order valence-electron chi connectivity index (χ2n) is 12.9. The Balaban J connectivity index is 1.25. The van der Waals surface area contributed by atoms with E-state index in [0.29, 0.717) is 0 Å². The Hall–Kier alpha value is -6.38. The van der Waals surface area contributed by atoms with Crippen LogP contribution in [0.1, 0.15) is 22.3 Å². The topological polar surface area (TPSA) is 12.5 Å². The van der Waals surface area contributed by atoms with Crippen molar-refractivity contribution in [1.29, 1.82) is 0 Å². The summed E-state index contributed by atoms with van der Waals surface area (Å²) in [5.41, 5.74) is 12.5. The third kappa shape index (κ3) is 4.14. The van der Waals surface area contributed by atoms with Gasteiger partial charge in [-0.2, -0.15) is 0 Å². The Bertz CT molecular complexity index is 2540. The molecule has 0 fully saturated rings. The molecular formula is C47H31NO. The molecule has 0 amide bonds. The highest BCUT2D eigenvalue weighted by Crippen LogP contribution is 2.63. The zero-order valence-corrected chi connectivity index (χ0v) is 26.8. The molecule has 2 heteroatoms. The molecule has 49 heavy (non-hydrogen) atoms. The van der Waals surface area contributed by atoms with Crippen LogP contribution in [0.25, 0.3) is 33.0 Å². The van der Waals surface area contributed by atoms with E-state index in [9.17, 15) is 0 Å². The maximum Gasteiger partial charge on any atom is 0.132 e. The van der Waals surface area contributed by atoms with Gasteiger partial charge < -0.3 is 9.64 Å². The Kier molecular flexibility index (Phi) is 6.13. The molecule has 1 atom stereocenters. The van der Waals surface area contributed by atoms with Crippen molar-refractivity contribution in [3.05, 3.63) is 210 Å². The molecule has 1 aliphatic heterocycles. The molecule has 8 aromatic carbocycles. The fourth-order valence-corrected chi connectivity index (χ4v) is 8.18. The molecule has 1 aliphatic carbocycles. The van der Waals surface area contributed by atoms with Crippen molar-refractivity contribution in [2.45, 2.75) is 5.41 Å². The van der Waals surface area contributed by atoms with Gasteiger partial charge in [0, 0.05) is 28.2 Å². The second-order valence-corrected chi connectivity index (χ2v) is 12.9. The number of hydrogen-bond donors (Lipinski definition) is 0. The van der Waals surface area contributed by atoms with Crippen molar-refractivity contribution < 1.29 is 4.74 Å². The van der Waals surface area contributed by atoms with Crippen molar-refractivity contribution in [3.8, 4) is 33.8 Å². The molecule has 2 aliphatic rings. The lowest BCUT2D eigenvalue weighted by molar-refractivity contribution is 0.436. The summed E-state index contributed by atoms with van der Waals surface area (Å²) >= 11 is 0. The Morgan fingerprint density at radius 3 is 1.84 bits per heavy atom. The molecule has 0 bridgehead atoms. The van der Waals surface area contributed by atoms with Gasteiger partial charge in [0.2, 0.25) is 0 Å². The molecule has 1 spiro atoms. The van der Waals surface area contributed by atoms with Crippen LogP contribution in [-0.4, -0.2) is 0 Å². The molecule has 10 rings (SSSR count). The van der Waals surface area contributed by atoms with Gasteiger partial charge >= 0.3 is 0 Å². The first kappa shape index (κ1) is 27.7. The molecule has 8 aromatic rings. The number of hydrogen-bond acceptors (Lipinski definition) is 2. The average Bonchev–Trinajstić information content (AvgIpc) is 3.45. The largest absolute Gasteiger partial charge is 0.457 e. The molecule has 0 radical (unpaired) electrons. The first-order valence-electron chi connectivity index (χ1n) is 16.8. The highest BCUT2D eigenvalue weighted by molar-refractivity contribution is 5.93. The van der Waals surface area contributed by atoms with E-state index in [1.807, 2.05) is 0 Å². The SMILES string of the molecule is c1ccc(-c2ccc3c(c2)Oc2ccccc2C32c3ccccc3-c3ccc(N(c4ccccc4)c4ccc5ccccc5c4)cc32)cc1. The van der Waals surface area contributed by atoms with Gasteiger partial charge in [0.1, 0.15) is 11.5 Å². The lowest BCUT2D eigenvalue weighted by atomic mass is 9.66. The zero-order valence-electron chi connectivity index (χ0n) is 26.8. The van der Waals surface area contributed by atoms with E-state index in [1.54, 1.807) is 0 Å². The number of benzene rings is 8. The normalized spacial score (nSPS) is 15.2. The van der Waals surface area contributed by atoms with E-state index in [-0.39, 0.29) is 0 Å².